The van der Waals surface area contributed by atoms with Crippen molar-refractivity contribution in [1.82, 2.24) is 0 Å². The van der Waals surface area contributed by atoms with Crippen LogP contribution >= 0.6 is 0 Å². The predicted octanol–water partition coefficient (Wildman–Crippen LogP) is 2.76. The molecule has 0 spiro atoms. The average Bonchev–Trinajstić information content (AvgIpc) is 2.08. The second-order valence-electron chi connectivity index (χ2n) is 4.13. The maximum absolute atomic E-state index is 5.73. The summed E-state index contributed by atoms with van der Waals surface area (Å²) in [6.45, 7) is 2.87. The molecular formula is C12H17NO. The summed E-state index contributed by atoms with van der Waals surface area (Å²) in [5.74, 6) is 1.73. The van der Waals surface area contributed by atoms with Gasteiger partial charge in [0.25, 0.3) is 0 Å². The van der Waals surface area contributed by atoms with E-state index in [2.05, 4.69) is 0 Å². The zero-order valence-electron chi connectivity index (χ0n) is 8.62. The first-order valence-electron chi connectivity index (χ1n) is 5.24. The molecule has 0 atom stereocenters. The van der Waals surface area contributed by atoms with Crippen LogP contribution in [0.1, 0.15) is 24.8 Å². The van der Waals surface area contributed by atoms with Crippen LogP contribution in [0.25, 0.3) is 0 Å². The molecule has 1 aliphatic carbocycles. The average molecular weight is 191 g/mol. The first-order valence-corrected chi connectivity index (χ1v) is 5.24. The topological polar surface area (TPSA) is 35.2 Å². The maximum Gasteiger partial charge on any atom is 0.119 e. The quantitative estimate of drug-likeness (QED) is 0.745. The van der Waals surface area contributed by atoms with E-state index in [0.717, 1.165) is 29.5 Å². The number of aryl methyl sites for hydroxylation is 1. The molecule has 0 amide bonds. The van der Waals surface area contributed by atoms with Gasteiger partial charge in [0, 0.05) is 5.69 Å². The van der Waals surface area contributed by atoms with Crippen LogP contribution in [0.15, 0.2) is 18.2 Å². The lowest BCUT2D eigenvalue weighted by Gasteiger charge is -2.25. The lowest BCUT2D eigenvalue weighted by Crippen LogP contribution is -2.19. The minimum atomic E-state index is 0.785. The van der Waals surface area contributed by atoms with Crippen LogP contribution in [-0.2, 0) is 0 Å². The van der Waals surface area contributed by atoms with Crippen molar-refractivity contribution in [3.8, 4) is 5.75 Å². The van der Waals surface area contributed by atoms with E-state index in [1.165, 1.54) is 19.3 Å². The van der Waals surface area contributed by atoms with E-state index in [-0.39, 0.29) is 0 Å². The van der Waals surface area contributed by atoms with Crippen molar-refractivity contribution in [3.63, 3.8) is 0 Å². The number of anilines is 1. The molecular weight excluding hydrogens is 174 g/mol. The molecule has 1 aromatic carbocycles. The van der Waals surface area contributed by atoms with Gasteiger partial charge in [0.2, 0.25) is 0 Å². The zero-order valence-corrected chi connectivity index (χ0v) is 8.62. The summed E-state index contributed by atoms with van der Waals surface area (Å²) in [5, 5.41) is 0. The lowest BCUT2D eigenvalue weighted by molar-refractivity contribution is 0.180. The van der Waals surface area contributed by atoms with Gasteiger partial charge in [0.15, 0.2) is 0 Å². The maximum atomic E-state index is 5.73. The van der Waals surface area contributed by atoms with Crippen molar-refractivity contribution in [3.05, 3.63) is 23.8 Å². The molecule has 76 valence electrons. The van der Waals surface area contributed by atoms with E-state index in [9.17, 15) is 0 Å². The zero-order chi connectivity index (χ0) is 9.97. The van der Waals surface area contributed by atoms with E-state index in [0.29, 0.717) is 0 Å². The minimum Gasteiger partial charge on any atom is -0.493 e. The van der Waals surface area contributed by atoms with Crippen molar-refractivity contribution in [2.45, 2.75) is 26.2 Å². The normalized spacial score (nSPS) is 16.4. The van der Waals surface area contributed by atoms with Crippen LogP contribution in [0.5, 0.6) is 5.75 Å². The first-order chi connectivity index (χ1) is 6.75. The van der Waals surface area contributed by atoms with Crippen molar-refractivity contribution >= 4 is 5.69 Å². The monoisotopic (exact) mass is 191 g/mol. The van der Waals surface area contributed by atoms with Gasteiger partial charge in [0.1, 0.15) is 5.75 Å². The third kappa shape index (κ3) is 2.00. The minimum absolute atomic E-state index is 0.785. The lowest BCUT2D eigenvalue weighted by atomic mass is 9.86. The molecule has 2 N–H and O–H groups in total. The number of rotatable bonds is 3. The highest BCUT2D eigenvalue weighted by Crippen LogP contribution is 2.27. The number of hydrogen-bond acceptors (Lipinski definition) is 2. The Bertz CT molecular complexity index is 318. The van der Waals surface area contributed by atoms with E-state index < -0.39 is 0 Å². The SMILES string of the molecule is Cc1cc(OCC2CCC2)ccc1N. The van der Waals surface area contributed by atoms with E-state index in [1.54, 1.807) is 0 Å². The van der Waals surface area contributed by atoms with E-state index in [1.807, 2.05) is 25.1 Å². The Morgan fingerprint density at radius 3 is 2.79 bits per heavy atom. The van der Waals surface area contributed by atoms with Gasteiger partial charge in [-0.05, 0) is 49.4 Å². The molecule has 1 fully saturated rings. The van der Waals surface area contributed by atoms with Gasteiger partial charge in [-0.2, -0.15) is 0 Å². The van der Waals surface area contributed by atoms with Crippen LogP contribution in [0.2, 0.25) is 0 Å². The molecule has 0 saturated heterocycles. The van der Waals surface area contributed by atoms with Crippen molar-refractivity contribution in [1.29, 1.82) is 0 Å². The van der Waals surface area contributed by atoms with Gasteiger partial charge in [-0.25, -0.2) is 0 Å². The van der Waals surface area contributed by atoms with Gasteiger partial charge in [0.05, 0.1) is 6.61 Å². The third-order valence-electron chi connectivity index (χ3n) is 2.95. The summed E-state index contributed by atoms with van der Waals surface area (Å²) in [6, 6.07) is 5.86. The van der Waals surface area contributed by atoms with E-state index in [4.69, 9.17) is 10.5 Å². The highest BCUT2D eigenvalue weighted by molar-refractivity contribution is 5.49. The second-order valence-corrected chi connectivity index (χ2v) is 4.13. The standard InChI is InChI=1S/C12H17NO/c1-9-7-11(5-6-12(9)13)14-8-10-3-2-4-10/h5-7,10H,2-4,8,13H2,1H3. The smallest absolute Gasteiger partial charge is 0.119 e. The number of nitrogen functional groups attached to an aromatic ring is 1. The number of benzene rings is 1. The number of hydrogen-bond donors (Lipinski definition) is 1. The van der Waals surface area contributed by atoms with Crippen molar-refractivity contribution in [2.75, 3.05) is 12.3 Å². The van der Waals surface area contributed by atoms with Gasteiger partial charge >= 0.3 is 0 Å². The molecule has 0 aromatic heterocycles. The number of nitrogens with two attached hydrogens (primary N) is 1. The fourth-order valence-corrected chi connectivity index (χ4v) is 1.61. The summed E-state index contributed by atoms with van der Waals surface area (Å²) < 4.78 is 5.69. The van der Waals surface area contributed by atoms with Crippen LogP contribution in [0.4, 0.5) is 5.69 Å². The summed E-state index contributed by atoms with van der Waals surface area (Å²) in [4.78, 5) is 0. The summed E-state index contributed by atoms with van der Waals surface area (Å²) in [6.07, 6.45) is 4.02. The van der Waals surface area contributed by atoms with Gasteiger partial charge in [-0.1, -0.05) is 6.42 Å². The molecule has 0 unspecified atom stereocenters. The van der Waals surface area contributed by atoms with Crippen LogP contribution < -0.4 is 10.5 Å². The summed E-state index contributed by atoms with van der Waals surface area (Å²) >= 11 is 0. The van der Waals surface area contributed by atoms with E-state index >= 15 is 0 Å². The molecule has 2 rings (SSSR count). The highest BCUT2D eigenvalue weighted by Gasteiger charge is 2.17. The number of ether oxygens (including phenoxy) is 1. The summed E-state index contributed by atoms with van der Waals surface area (Å²) in [7, 11) is 0. The fraction of sp³-hybridized carbons (Fsp3) is 0.500. The van der Waals surface area contributed by atoms with Gasteiger partial charge < -0.3 is 10.5 Å². The largest absolute Gasteiger partial charge is 0.493 e. The van der Waals surface area contributed by atoms with Gasteiger partial charge in [-0.3, -0.25) is 0 Å². The molecule has 1 aromatic rings. The first kappa shape index (κ1) is 9.38. The highest BCUT2D eigenvalue weighted by atomic mass is 16.5. The molecule has 0 aliphatic heterocycles. The van der Waals surface area contributed by atoms with Crippen molar-refractivity contribution < 1.29 is 4.74 Å². The van der Waals surface area contributed by atoms with Crippen molar-refractivity contribution in [2.24, 2.45) is 5.92 Å². The second kappa shape index (κ2) is 3.91. The molecule has 14 heavy (non-hydrogen) atoms. The Morgan fingerprint density at radius 1 is 1.43 bits per heavy atom. The van der Waals surface area contributed by atoms with Crippen LogP contribution in [0.3, 0.4) is 0 Å². The Morgan fingerprint density at radius 2 is 2.21 bits per heavy atom. The van der Waals surface area contributed by atoms with Crippen LogP contribution in [0, 0.1) is 12.8 Å². The molecule has 2 nitrogen and oxygen atoms in total. The fourth-order valence-electron chi connectivity index (χ4n) is 1.61. The summed E-state index contributed by atoms with van der Waals surface area (Å²) in [5.41, 5.74) is 7.65. The Kier molecular flexibility index (Phi) is 2.62. The molecule has 1 saturated carbocycles. The van der Waals surface area contributed by atoms with Crippen LogP contribution in [-0.4, -0.2) is 6.61 Å². The Labute approximate surface area is 85.1 Å². The molecule has 1 aliphatic rings. The molecule has 2 heteroatoms. The molecule has 0 heterocycles. The third-order valence-corrected chi connectivity index (χ3v) is 2.95. The Balaban J connectivity index is 1.91. The molecule has 0 radical (unpaired) electrons. The van der Waals surface area contributed by atoms with Gasteiger partial charge in [-0.15, -0.1) is 0 Å². The predicted molar refractivity (Wildman–Crippen MR) is 58.4 cm³/mol. The Hall–Kier alpha value is -1.18. The molecule has 0 bridgehead atoms.